The number of anilines is 1. The molecule has 2 unspecified atom stereocenters. The van der Waals surface area contributed by atoms with Gasteiger partial charge in [0, 0.05) is 21.3 Å². The summed E-state index contributed by atoms with van der Waals surface area (Å²) in [7, 11) is -1.92. The van der Waals surface area contributed by atoms with E-state index in [4.69, 9.17) is 9.32 Å². The Bertz CT molecular complexity index is 1130. The van der Waals surface area contributed by atoms with Crippen molar-refractivity contribution in [3.8, 4) is 0 Å². The van der Waals surface area contributed by atoms with Gasteiger partial charge in [0.25, 0.3) is 0 Å². The summed E-state index contributed by atoms with van der Waals surface area (Å²) >= 11 is 0.874. The van der Waals surface area contributed by atoms with E-state index in [2.05, 4.69) is 15.0 Å². The molecular weight excluding hydrogens is 496 g/mol. The van der Waals surface area contributed by atoms with Crippen molar-refractivity contribution in [2.24, 2.45) is 5.14 Å². The number of nitrogens with zero attached hydrogens (tertiary/aromatic N) is 1. The van der Waals surface area contributed by atoms with Crippen LogP contribution in [0.3, 0.4) is 0 Å². The van der Waals surface area contributed by atoms with E-state index in [1.807, 2.05) is 0 Å². The van der Waals surface area contributed by atoms with E-state index in [0.717, 1.165) is 29.4 Å². The number of thiophene rings is 1. The average molecular weight is 523 g/mol. The number of aliphatic hydroxyl groups is 1. The third-order valence-electron chi connectivity index (χ3n) is 6.04. The van der Waals surface area contributed by atoms with Crippen LogP contribution in [0.5, 0.6) is 0 Å². The highest BCUT2D eigenvalue weighted by atomic mass is 32.3. The minimum absolute atomic E-state index is 0.0410. The van der Waals surface area contributed by atoms with Crippen molar-refractivity contribution in [1.82, 2.24) is 9.71 Å². The number of alkyl halides is 3. The molecule has 0 saturated heterocycles. The first kappa shape index (κ1) is 25.2. The molecule has 2 aliphatic carbocycles. The zero-order valence-electron chi connectivity index (χ0n) is 18.8. The normalized spacial score (nSPS) is 20.4. The van der Waals surface area contributed by atoms with E-state index in [1.165, 1.54) is 21.0 Å². The summed E-state index contributed by atoms with van der Waals surface area (Å²) in [6.45, 7) is 2.97. The zero-order chi connectivity index (χ0) is 25.1. The highest BCUT2D eigenvalue weighted by molar-refractivity contribution is 8.28. The number of hydrogen-bond acceptors (Lipinski definition) is 6. The van der Waals surface area contributed by atoms with Gasteiger partial charge in [-0.3, -0.25) is 14.8 Å². The lowest BCUT2D eigenvalue weighted by molar-refractivity contribution is -0.150. The largest absolute Gasteiger partial charge is 0.397 e. The van der Waals surface area contributed by atoms with Crippen LogP contribution in [0.1, 0.15) is 60.0 Å². The number of aryl methyl sites for hydroxylation is 1. The minimum Gasteiger partial charge on any atom is -0.385 e. The summed E-state index contributed by atoms with van der Waals surface area (Å²) in [6.07, 6.45) is -2.58. The first-order valence-electron chi connectivity index (χ1n) is 10.6. The van der Waals surface area contributed by atoms with Gasteiger partial charge >= 0.3 is 12.2 Å². The van der Waals surface area contributed by atoms with E-state index < -0.39 is 40.2 Å². The van der Waals surface area contributed by atoms with Crippen LogP contribution in [0.4, 0.5) is 28.0 Å². The van der Waals surface area contributed by atoms with Crippen molar-refractivity contribution in [2.45, 2.75) is 67.9 Å². The van der Waals surface area contributed by atoms with Gasteiger partial charge in [-0.2, -0.15) is 13.2 Å². The van der Waals surface area contributed by atoms with Crippen molar-refractivity contribution in [3.05, 3.63) is 39.3 Å². The summed E-state index contributed by atoms with van der Waals surface area (Å²) < 4.78 is 63.0. The Morgan fingerprint density at radius 3 is 2.59 bits per heavy atom. The van der Waals surface area contributed by atoms with Gasteiger partial charge in [0.1, 0.15) is 4.21 Å². The first-order valence-corrected chi connectivity index (χ1v) is 13.1. The van der Waals surface area contributed by atoms with E-state index in [9.17, 15) is 27.5 Å². The zero-order valence-corrected chi connectivity index (χ0v) is 20.4. The number of halogens is 4. The Morgan fingerprint density at radius 1 is 1.29 bits per heavy atom. The fourth-order valence-electron chi connectivity index (χ4n) is 4.38. The molecule has 7 nitrogen and oxygen atoms in total. The molecule has 0 fully saturated rings. The smallest absolute Gasteiger partial charge is 0.385 e. The van der Waals surface area contributed by atoms with Crippen LogP contribution in [0.15, 0.2) is 10.3 Å². The van der Waals surface area contributed by atoms with Crippen LogP contribution in [-0.2, 0) is 29.0 Å². The fraction of sp³-hybridized carbons (Fsp3) is 0.524. The third kappa shape index (κ3) is 4.51. The number of rotatable bonds is 5. The number of carbonyl (C=O) groups is 1. The summed E-state index contributed by atoms with van der Waals surface area (Å²) in [5.74, 6) is -2.41. The van der Waals surface area contributed by atoms with Gasteiger partial charge in [0.05, 0.1) is 30.0 Å². The molecule has 0 saturated carbocycles. The SMILES string of the molecule is COS(N)(NC(=O)Nc1c2c(nc3c1CCC3C(F)(F)F)CCC2)c1sc(C(C)(C)O)cc1F. The predicted octanol–water partition coefficient (Wildman–Crippen LogP) is 4.93. The number of hydrogen-bond donors (Lipinski definition) is 4. The molecule has 2 amide bonds. The molecule has 2 aromatic rings. The van der Waals surface area contributed by atoms with Crippen LogP contribution in [0, 0.1) is 5.82 Å². The van der Waals surface area contributed by atoms with Crippen molar-refractivity contribution >= 4 is 33.7 Å². The first-order chi connectivity index (χ1) is 15.7. The number of urea groups is 1. The van der Waals surface area contributed by atoms with E-state index in [1.54, 1.807) is 0 Å². The molecule has 2 aliphatic rings. The quantitative estimate of drug-likeness (QED) is 0.417. The Balaban J connectivity index is 1.64. The molecule has 0 radical (unpaired) electrons. The number of amides is 2. The lowest BCUT2D eigenvalue weighted by Gasteiger charge is -2.33. The average Bonchev–Trinajstić information content (AvgIpc) is 3.44. The lowest BCUT2D eigenvalue weighted by atomic mass is 10.0. The number of nitrogens with one attached hydrogen (secondary N) is 2. The number of pyridine rings is 1. The second-order valence-corrected chi connectivity index (χ2v) is 12.3. The molecule has 188 valence electrons. The van der Waals surface area contributed by atoms with Crippen LogP contribution < -0.4 is 15.2 Å². The van der Waals surface area contributed by atoms with Crippen molar-refractivity contribution < 1.29 is 31.6 Å². The molecule has 2 atom stereocenters. The maximum atomic E-state index is 14.7. The van der Waals surface area contributed by atoms with Crippen LogP contribution >= 0.6 is 22.0 Å². The van der Waals surface area contributed by atoms with Gasteiger partial charge in [-0.1, -0.05) is 0 Å². The van der Waals surface area contributed by atoms with E-state index in [-0.39, 0.29) is 22.7 Å². The Hall–Kier alpha value is -1.93. The summed E-state index contributed by atoms with van der Waals surface area (Å²) in [6, 6.07) is 0.308. The van der Waals surface area contributed by atoms with E-state index >= 15 is 0 Å². The molecular formula is C21H26F4N4O3S2. The Labute approximate surface area is 199 Å². The number of fused-ring (bicyclic) bond motifs is 2. The van der Waals surface area contributed by atoms with E-state index in [0.29, 0.717) is 34.7 Å². The molecule has 0 aromatic carbocycles. The van der Waals surface area contributed by atoms with Gasteiger partial charge in [-0.05, 0) is 63.1 Å². The Morgan fingerprint density at radius 2 is 2.00 bits per heavy atom. The molecule has 0 spiro atoms. The van der Waals surface area contributed by atoms with Crippen molar-refractivity contribution in [1.29, 1.82) is 0 Å². The topological polar surface area (TPSA) is 110 Å². The molecule has 2 heterocycles. The molecule has 2 aromatic heterocycles. The second-order valence-electron chi connectivity index (χ2n) is 8.89. The molecule has 0 bridgehead atoms. The van der Waals surface area contributed by atoms with Gasteiger partial charge < -0.3 is 14.6 Å². The molecule has 34 heavy (non-hydrogen) atoms. The Kier molecular flexibility index (Phi) is 6.39. The van der Waals surface area contributed by atoms with Crippen molar-refractivity contribution in [3.63, 3.8) is 0 Å². The minimum atomic E-state index is -4.42. The maximum Gasteiger partial charge on any atom is 0.397 e. The monoisotopic (exact) mass is 522 g/mol. The number of aromatic nitrogens is 1. The molecule has 0 aliphatic heterocycles. The standard InChI is InChI=1S/C21H26F4N4O3S2/c1-20(2,31)15-9-13(22)18(33-15)34(26,32-3)29-19(30)28-16-10-5-4-6-14(10)27-17-11(16)7-8-12(17)21(23,24)25/h9,12,31H,4-8,26H2,1-3H3,(H2,27,28,29,30). The van der Waals surface area contributed by atoms with Crippen molar-refractivity contribution in [2.75, 3.05) is 12.4 Å². The summed E-state index contributed by atoms with van der Waals surface area (Å²) in [5, 5.41) is 19.1. The number of carbonyl (C=O) groups excluding carboxylic acids is 1. The highest BCUT2D eigenvalue weighted by Gasteiger charge is 2.47. The van der Waals surface area contributed by atoms with Gasteiger partial charge in [-0.15, -0.1) is 11.3 Å². The van der Waals surface area contributed by atoms with Crippen LogP contribution in [-0.4, -0.2) is 29.4 Å². The predicted molar refractivity (Wildman–Crippen MR) is 122 cm³/mol. The fourth-order valence-corrected chi connectivity index (χ4v) is 7.25. The molecule has 13 heteroatoms. The lowest BCUT2D eigenvalue weighted by Crippen LogP contribution is -2.37. The molecule has 5 N–H and O–H groups in total. The third-order valence-corrected chi connectivity index (χ3v) is 10.0. The van der Waals surface area contributed by atoms with Crippen LogP contribution in [0.25, 0.3) is 0 Å². The number of nitrogens with two attached hydrogens (primary N) is 1. The molecule has 4 rings (SSSR count). The highest BCUT2D eigenvalue weighted by Crippen LogP contribution is 2.52. The summed E-state index contributed by atoms with van der Waals surface area (Å²) in [5.41, 5.74) is 0.609. The summed E-state index contributed by atoms with van der Waals surface area (Å²) in [4.78, 5) is 17.6. The second kappa shape index (κ2) is 8.63. The maximum absolute atomic E-state index is 14.7. The van der Waals surface area contributed by atoms with Gasteiger partial charge in [0.2, 0.25) is 0 Å². The van der Waals surface area contributed by atoms with Crippen LogP contribution in [0.2, 0.25) is 0 Å². The van der Waals surface area contributed by atoms with Gasteiger partial charge in [-0.25, -0.2) is 9.18 Å². The van der Waals surface area contributed by atoms with Gasteiger partial charge in [0.15, 0.2) is 5.82 Å².